The van der Waals surface area contributed by atoms with Gasteiger partial charge in [-0.25, -0.2) is 8.42 Å². The molecule has 1 atom stereocenters. The smallest absolute Gasteiger partial charge is 0.267 e. The zero-order chi connectivity index (χ0) is 25.1. The minimum absolute atomic E-state index is 0.104. The Kier molecular flexibility index (Phi) is 6.73. The monoisotopic (exact) mass is 507 g/mol. The molecule has 0 radical (unpaired) electrons. The highest BCUT2D eigenvalue weighted by Gasteiger charge is 2.37. The van der Waals surface area contributed by atoms with E-state index < -0.39 is 22.0 Å². The van der Waals surface area contributed by atoms with E-state index in [0.29, 0.717) is 22.9 Å². The summed E-state index contributed by atoms with van der Waals surface area (Å²) in [6.07, 6.45) is 2.62. The highest BCUT2D eigenvalue weighted by molar-refractivity contribution is 7.92. The molecule has 9 heteroatoms. The third-order valence-electron chi connectivity index (χ3n) is 6.53. The number of sulfonamides is 1. The summed E-state index contributed by atoms with van der Waals surface area (Å²) >= 11 is 0. The zero-order valence-electron chi connectivity index (χ0n) is 20.1. The van der Waals surface area contributed by atoms with Gasteiger partial charge in [-0.3, -0.25) is 9.10 Å². The number of fused-ring (bicyclic) bond motifs is 1. The second-order valence-electron chi connectivity index (χ2n) is 8.87. The average molecular weight is 508 g/mol. The number of hydrogen-bond acceptors (Lipinski definition) is 6. The minimum atomic E-state index is -3.95. The summed E-state index contributed by atoms with van der Waals surface area (Å²) < 4.78 is 39.4. The van der Waals surface area contributed by atoms with Gasteiger partial charge in [-0.05, 0) is 79.9 Å². The number of benzene rings is 3. The van der Waals surface area contributed by atoms with Gasteiger partial charge in [-0.15, -0.1) is 0 Å². The van der Waals surface area contributed by atoms with Gasteiger partial charge in [0.2, 0.25) is 0 Å². The molecule has 1 N–H and O–H groups in total. The molecule has 0 aromatic heterocycles. The number of ether oxygens (including phenoxy) is 2. The van der Waals surface area contributed by atoms with Gasteiger partial charge in [0.25, 0.3) is 15.9 Å². The van der Waals surface area contributed by atoms with Crippen molar-refractivity contribution in [1.82, 2.24) is 0 Å². The van der Waals surface area contributed by atoms with Crippen molar-refractivity contribution >= 4 is 33.0 Å². The van der Waals surface area contributed by atoms with Crippen LogP contribution in [-0.2, 0) is 14.8 Å². The van der Waals surface area contributed by atoms with Crippen molar-refractivity contribution in [2.75, 3.05) is 41.3 Å². The Labute approximate surface area is 211 Å². The molecule has 2 aliphatic rings. The molecule has 0 saturated carbocycles. The largest absolute Gasteiger partial charge is 0.497 e. The Morgan fingerprint density at radius 3 is 2.33 bits per heavy atom. The van der Waals surface area contributed by atoms with Crippen molar-refractivity contribution in [2.45, 2.75) is 30.3 Å². The van der Waals surface area contributed by atoms with E-state index in [0.717, 1.165) is 18.8 Å². The van der Waals surface area contributed by atoms with Gasteiger partial charge in [-0.1, -0.05) is 12.1 Å². The van der Waals surface area contributed by atoms with Crippen molar-refractivity contribution in [3.05, 3.63) is 72.8 Å². The summed E-state index contributed by atoms with van der Waals surface area (Å²) in [4.78, 5) is 15.6. The normalized spacial score (nSPS) is 17.6. The van der Waals surface area contributed by atoms with E-state index in [-0.39, 0.29) is 11.4 Å². The zero-order valence-corrected chi connectivity index (χ0v) is 20.9. The third kappa shape index (κ3) is 4.83. The number of rotatable bonds is 6. The molecule has 1 saturated heterocycles. The van der Waals surface area contributed by atoms with Crippen LogP contribution in [0.3, 0.4) is 0 Å². The lowest BCUT2D eigenvalue weighted by molar-refractivity contribution is -0.122. The van der Waals surface area contributed by atoms with E-state index in [4.69, 9.17) is 9.47 Å². The minimum Gasteiger partial charge on any atom is -0.497 e. The lowest BCUT2D eigenvalue weighted by Crippen LogP contribution is -2.48. The fourth-order valence-corrected chi connectivity index (χ4v) is 6.05. The Balaban J connectivity index is 1.35. The van der Waals surface area contributed by atoms with E-state index in [2.05, 4.69) is 10.2 Å². The predicted molar refractivity (Wildman–Crippen MR) is 140 cm³/mol. The fourth-order valence-electron chi connectivity index (χ4n) is 4.57. The maximum atomic E-state index is 13.6. The molecule has 2 heterocycles. The first kappa shape index (κ1) is 24.0. The van der Waals surface area contributed by atoms with Crippen molar-refractivity contribution < 1.29 is 22.7 Å². The van der Waals surface area contributed by atoms with Crippen LogP contribution in [0.5, 0.6) is 11.5 Å². The van der Waals surface area contributed by atoms with Crippen LogP contribution in [0.15, 0.2) is 77.7 Å². The van der Waals surface area contributed by atoms with E-state index in [1.165, 1.54) is 42.8 Å². The molecule has 0 unspecified atom stereocenters. The van der Waals surface area contributed by atoms with Crippen LogP contribution in [0, 0.1) is 0 Å². The van der Waals surface area contributed by atoms with Crippen LogP contribution < -0.4 is 24.0 Å². The highest BCUT2D eigenvalue weighted by Crippen LogP contribution is 2.37. The van der Waals surface area contributed by atoms with E-state index >= 15 is 0 Å². The molecule has 3 aromatic carbocycles. The molecule has 0 aliphatic carbocycles. The number of para-hydroxylation sites is 2. The first-order valence-electron chi connectivity index (χ1n) is 12.0. The van der Waals surface area contributed by atoms with Gasteiger partial charge < -0.3 is 19.7 Å². The molecule has 1 amide bonds. The number of hydrogen-bond donors (Lipinski definition) is 1. The highest BCUT2D eigenvalue weighted by atomic mass is 32.2. The summed E-state index contributed by atoms with van der Waals surface area (Å²) in [6.45, 7) is 1.93. The average Bonchev–Trinajstić information content (AvgIpc) is 2.93. The summed E-state index contributed by atoms with van der Waals surface area (Å²) in [5.41, 5.74) is 2.16. The number of methoxy groups -OCH3 is 1. The van der Waals surface area contributed by atoms with E-state index in [1.807, 2.05) is 24.3 Å². The number of piperidine rings is 1. The molecule has 0 bridgehead atoms. The van der Waals surface area contributed by atoms with Gasteiger partial charge >= 0.3 is 0 Å². The van der Waals surface area contributed by atoms with Crippen LogP contribution in [0.1, 0.15) is 19.3 Å². The van der Waals surface area contributed by atoms with E-state index in [1.54, 1.807) is 36.4 Å². The lowest BCUT2D eigenvalue weighted by atomic mass is 10.1. The first-order chi connectivity index (χ1) is 17.5. The Morgan fingerprint density at radius 1 is 0.944 bits per heavy atom. The summed E-state index contributed by atoms with van der Waals surface area (Å²) in [7, 11) is -2.43. The Bertz CT molecular complexity index is 1320. The van der Waals surface area contributed by atoms with Gasteiger partial charge in [0.1, 0.15) is 11.5 Å². The molecule has 188 valence electrons. The molecule has 8 nitrogen and oxygen atoms in total. The topological polar surface area (TPSA) is 88.2 Å². The molecule has 5 rings (SSSR count). The standard InChI is InChI=1S/C27H29N3O5S/c1-34-22-13-15-23(16-14-22)36(32,33)30-19-26(35-25-8-4-3-7-24(25)30)27(31)28-20-9-11-21(12-10-20)29-17-5-2-6-18-29/h3-4,7-16,26H,2,5-6,17-19H2,1H3,(H,28,31)/t26-/m1/s1. The SMILES string of the molecule is COc1ccc(S(=O)(=O)N2C[C@H](C(=O)Nc3ccc(N4CCCCC4)cc3)Oc3ccccc32)cc1. The van der Waals surface area contributed by atoms with Gasteiger partial charge in [-0.2, -0.15) is 0 Å². The first-order valence-corrected chi connectivity index (χ1v) is 13.5. The van der Waals surface area contributed by atoms with Crippen molar-refractivity contribution in [1.29, 1.82) is 0 Å². The van der Waals surface area contributed by atoms with Gasteiger partial charge in [0.15, 0.2) is 6.10 Å². The number of nitrogens with one attached hydrogen (secondary N) is 1. The molecule has 2 aliphatic heterocycles. The summed E-state index contributed by atoms with van der Waals surface area (Å²) in [5, 5.41) is 2.88. The Hall–Kier alpha value is -3.72. The van der Waals surface area contributed by atoms with Gasteiger partial charge in [0.05, 0.1) is 24.2 Å². The van der Waals surface area contributed by atoms with E-state index in [9.17, 15) is 13.2 Å². The lowest BCUT2D eigenvalue weighted by Gasteiger charge is -2.34. The summed E-state index contributed by atoms with van der Waals surface area (Å²) in [6, 6.07) is 20.7. The van der Waals surface area contributed by atoms with Crippen LogP contribution >= 0.6 is 0 Å². The third-order valence-corrected chi connectivity index (χ3v) is 8.32. The van der Waals surface area contributed by atoms with Crippen molar-refractivity contribution in [3.63, 3.8) is 0 Å². The van der Waals surface area contributed by atoms with Crippen LogP contribution in [-0.4, -0.2) is 47.2 Å². The molecular weight excluding hydrogens is 478 g/mol. The summed E-state index contributed by atoms with van der Waals surface area (Å²) in [5.74, 6) is 0.478. The second kappa shape index (κ2) is 10.1. The molecular formula is C27H29N3O5S. The predicted octanol–water partition coefficient (Wildman–Crippen LogP) is 4.28. The molecule has 3 aromatic rings. The molecule has 1 fully saturated rings. The van der Waals surface area contributed by atoms with Crippen LogP contribution in [0.25, 0.3) is 0 Å². The molecule has 36 heavy (non-hydrogen) atoms. The van der Waals surface area contributed by atoms with Crippen LogP contribution in [0.4, 0.5) is 17.1 Å². The number of nitrogens with zero attached hydrogens (tertiary/aromatic N) is 2. The number of carbonyl (C=O) groups is 1. The maximum Gasteiger partial charge on any atom is 0.267 e. The number of amides is 1. The Morgan fingerprint density at radius 2 is 1.64 bits per heavy atom. The molecule has 0 spiro atoms. The van der Waals surface area contributed by atoms with Gasteiger partial charge in [0, 0.05) is 24.5 Å². The van der Waals surface area contributed by atoms with Crippen molar-refractivity contribution in [2.24, 2.45) is 0 Å². The van der Waals surface area contributed by atoms with Crippen molar-refractivity contribution in [3.8, 4) is 11.5 Å². The quantitative estimate of drug-likeness (QED) is 0.536. The number of carbonyl (C=O) groups excluding carboxylic acids is 1. The number of anilines is 3. The maximum absolute atomic E-state index is 13.6. The fraction of sp³-hybridized carbons (Fsp3) is 0.296. The second-order valence-corrected chi connectivity index (χ2v) is 10.7. The van der Waals surface area contributed by atoms with Crippen LogP contribution in [0.2, 0.25) is 0 Å².